The maximum atomic E-state index is 10.5. The summed E-state index contributed by atoms with van der Waals surface area (Å²) < 4.78 is 0. The summed E-state index contributed by atoms with van der Waals surface area (Å²) in [4.78, 5) is 0. The molecule has 3 N–H and O–H groups in total. The van der Waals surface area contributed by atoms with Crippen LogP contribution in [0.1, 0.15) is 91.9 Å². The lowest BCUT2D eigenvalue weighted by atomic mass is 9.60. The smallest absolute Gasteiger partial charge is 0.0616 e. The van der Waals surface area contributed by atoms with Crippen molar-refractivity contribution in [3.63, 3.8) is 0 Å². The molecule has 0 aromatic carbocycles. The summed E-state index contributed by atoms with van der Waals surface area (Å²) in [6.07, 6.45) is 13.8. The van der Waals surface area contributed by atoms with Crippen molar-refractivity contribution in [2.24, 2.45) is 23.2 Å². The Morgan fingerprint density at radius 3 is 2.63 bits per heavy atom. The minimum atomic E-state index is -0.813. The molecule has 3 aliphatic rings. The fourth-order valence-corrected chi connectivity index (χ4v) is 6.86. The topological polar surface area (TPSA) is 60.7 Å². The number of hydrogen-bond donors (Lipinski definition) is 3. The molecule has 3 saturated carbocycles. The number of hydrogen-bond acceptors (Lipinski definition) is 3. The second-order valence-corrected chi connectivity index (χ2v) is 11.4. The van der Waals surface area contributed by atoms with Crippen LogP contribution in [0.25, 0.3) is 0 Å². The normalized spacial score (nSPS) is 37.4. The molecule has 3 heteroatoms. The molecule has 3 fully saturated rings. The molecule has 170 valence electrons. The van der Waals surface area contributed by atoms with E-state index in [0.29, 0.717) is 29.6 Å². The van der Waals surface area contributed by atoms with Crippen LogP contribution in [0, 0.1) is 23.2 Å². The summed E-state index contributed by atoms with van der Waals surface area (Å²) in [6.45, 7) is 12.6. The van der Waals surface area contributed by atoms with Crippen LogP contribution >= 0.6 is 0 Å². The van der Waals surface area contributed by atoms with Gasteiger partial charge < -0.3 is 15.3 Å². The molecule has 0 radical (unpaired) electrons. The molecule has 0 aromatic heterocycles. The van der Waals surface area contributed by atoms with Crippen molar-refractivity contribution >= 4 is 0 Å². The Kier molecular flexibility index (Phi) is 7.37. The zero-order chi connectivity index (χ0) is 22.1. The molecular formula is C27H44O3. The van der Waals surface area contributed by atoms with Crippen molar-refractivity contribution in [3.8, 4) is 0 Å². The van der Waals surface area contributed by atoms with E-state index in [1.54, 1.807) is 19.4 Å². The Labute approximate surface area is 184 Å². The lowest BCUT2D eigenvalue weighted by Crippen LogP contribution is -2.37. The quantitative estimate of drug-likeness (QED) is 0.520. The zero-order valence-electron chi connectivity index (χ0n) is 19.7. The van der Waals surface area contributed by atoms with Crippen LogP contribution in [0.3, 0.4) is 0 Å². The molecule has 0 heterocycles. The minimum absolute atomic E-state index is 0.219. The van der Waals surface area contributed by atoms with Gasteiger partial charge in [-0.3, -0.25) is 0 Å². The van der Waals surface area contributed by atoms with Crippen molar-refractivity contribution in [2.75, 3.05) is 0 Å². The van der Waals surface area contributed by atoms with Gasteiger partial charge in [0.2, 0.25) is 0 Å². The fraction of sp³-hybridized carbons (Fsp3) is 0.778. The third-order valence-electron chi connectivity index (χ3n) is 8.29. The summed E-state index contributed by atoms with van der Waals surface area (Å²) in [5.41, 5.74) is 3.49. The monoisotopic (exact) mass is 416 g/mol. The molecule has 3 rings (SSSR count). The number of rotatable bonds is 6. The average molecular weight is 417 g/mol. The highest BCUT2D eigenvalue weighted by molar-refractivity contribution is 5.36. The predicted molar refractivity (Wildman–Crippen MR) is 124 cm³/mol. The van der Waals surface area contributed by atoms with Gasteiger partial charge in [0.25, 0.3) is 0 Å². The Morgan fingerprint density at radius 2 is 1.93 bits per heavy atom. The van der Waals surface area contributed by atoms with E-state index in [-0.39, 0.29) is 6.10 Å². The van der Waals surface area contributed by atoms with E-state index in [1.165, 1.54) is 43.3 Å². The molecule has 0 bridgehead atoms. The van der Waals surface area contributed by atoms with Crippen molar-refractivity contribution in [1.29, 1.82) is 0 Å². The summed E-state index contributed by atoms with van der Waals surface area (Å²) >= 11 is 0. The lowest BCUT2D eigenvalue weighted by Gasteiger charge is -2.44. The standard InChI is InChI=1S/C27H44O3/c1-18-8-11-22(28)16-21(18)10-9-20-7-6-14-27(5)24(12-13-25(20)27)19(2)15-23(29)17-26(3,4)30/h9-10,19,22-25,28-30H,1,6-8,11-17H2,2-5H3/b20-9+,21-10-/t19-,22+,23?,24-,25+,27-/m1/s1. The lowest BCUT2D eigenvalue weighted by molar-refractivity contribution is 0.000134. The van der Waals surface area contributed by atoms with E-state index in [1.807, 2.05) is 0 Å². The summed E-state index contributed by atoms with van der Waals surface area (Å²) in [6, 6.07) is 0. The van der Waals surface area contributed by atoms with Crippen molar-refractivity contribution in [1.82, 2.24) is 0 Å². The SMILES string of the molecule is C=C1CC[C@H](O)C/C1=C/C=C1\CCC[C@]2(C)[C@@H]([C@H](C)CC(O)CC(C)(C)O)CC[C@@H]12. The maximum absolute atomic E-state index is 10.5. The molecular weight excluding hydrogens is 372 g/mol. The maximum Gasteiger partial charge on any atom is 0.0616 e. The summed E-state index contributed by atoms with van der Waals surface area (Å²) in [5, 5.41) is 30.6. The van der Waals surface area contributed by atoms with E-state index in [0.717, 1.165) is 25.7 Å². The molecule has 3 nitrogen and oxygen atoms in total. The van der Waals surface area contributed by atoms with Gasteiger partial charge in [0, 0.05) is 6.42 Å². The van der Waals surface area contributed by atoms with Gasteiger partial charge in [-0.1, -0.05) is 43.7 Å². The molecule has 0 saturated heterocycles. The van der Waals surface area contributed by atoms with Crippen LogP contribution in [0.2, 0.25) is 0 Å². The second kappa shape index (κ2) is 9.30. The van der Waals surface area contributed by atoms with E-state index >= 15 is 0 Å². The van der Waals surface area contributed by atoms with Crippen LogP contribution in [-0.4, -0.2) is 33.1 Å². The van der Waals surface area contributed by atoms with Gasteiger partial charge in [-0.25, -0.2) is 0 Å². The minimum Gasteiger partial charge on any atom is -0.393 e. The zero-order valence-corrected chi connectivity index (χ0v) is 19.7. The van der Waals surface area contributed by atoms with Crippen LogP contribution in [0.15, 0.2) is 35.5 Å². The van der Waals surface area contributed by atoms with Gasteiger partial charge >= 0.3 is 0 Å². The first kappa shape index (κ1) is 23.8. The van der Waals surface area contributed by atoms with E-state index in [2.05, 4.69) is 32.6 Å². The third kappa shape index (κ3) is 5.47. The largest absolute Gasteiger partial charge is 0.393 e. The number of fused-ring (bicyclic) bond motifs is 1. The Bertz CT molecular complexity index is 683. The molecule has 0 aliphatic heterocycles. The highest BCUT2D eigenvalue weighted by atomic mass is 16.3. The predicted octanol–water partition coefficient (Wildman–Crippen LogP) is 5.70. The van der Waals surface area contributed by atoms with Crippen molar-refractivity contribution in [2.45, 2.75) is 110 Å². The van der Waals surface area contributed by atoms with Gasteiger partial charge in [-0.15, -0.1) is 0 Å². The fourth-order valence-electron chi connectivity index (χ4n) is 6.86. The highest BCUT2D eigenvalue weighted by Gasteiger charge is 2.50. The molecule has 0 aromatic rings. The molecule has 0 amide bonds. The van der Waals surface area contributed by atoms with E-state index in [4.69, 9.17) is 0 Å². The van der Waals surface area contributed by atoms with Crippen molar-refractivity contribution < 1.29 is 15.3 Å². The van der Waals surface area contributed by atoms with Gasteiger partial charge in [0.15, 0.2) is 0 Å². The summed E-state index contributed by atoms with van der Waals surface area (Å²) in [7, 11) is 0. The number of aliphatic hydroxyl groups excluding tert-OH is 2. The first-order chi connectivity index (χ1) is 14.0. The molecule has 3 aliphatic carbocycles. The van der Waals surface area contributed by atoms with Crippen molar-refractivity contribution in [3.05, 3.63) is 35.5 Å². The van der Waals surface area contributed by atoms with E-state index < -0.39 is 11.7 Å². The van der Waals surface area contributed by atoms with Crippen LogP contribution < -0.4 is 0 Å². The van der Waals surface area contributed by atoms with Crippen LogP contribution in [-0.2, 0) is 0 Å². The molecule has 6 atom stereocenters. The Balaban J connectivity index is 1.71. The van der Waals surface area contributed by atoms with Gasteiger partial charge in [-0.05, 0) is 100 Å². The summed E-state index contributed by atoms with van der Waals surface area (Å²) in [5.74, 6) is 1.72. The van der Waals surface area contributed by atoms with Gasteiger partial charge in [-0.2, -0.15) is 0 Å². The van der Waals surface area contributed by atoms with Crippen LogP contribution in [0.4, 0.5) is 0 Å². The highest BCUT2D eigenvalue weighted by Crippen LogP contribution is 2.60. The van der Waals surface area contributed by atoms with E-state index in [9.17, 15) is 15.3 Å². The molecule has 30 heavy (non-hydrogen) atoms. The van der Waals surface area contributed by atoms with Gasteiger partial charge in [0.05, 0.1) is 17.8 Å². The Hall–Kier alpha value is -0.900. The average Bonchev–Trinajstić information content (AvgIpc) is 2.98. The molecule has 1 unspecified atom stereocenters. The second-order valence-electron chi connectivity index (χ2n) is 11.4. The third-order valence-corrected chi connectivity index (χ3v) is 8.29. The van der Waals surface area contributed by atoms with Crippen LogP contribution in [0.5, 0.6) is 0 Å². The molecule has 0 spiro atoms. The number of allylic oxidation sites excluding steroid dienone is 4. The Morgan fingerprint density at radius 1 is 1.20 bits per heavy atom. The first-order valence-electron chi connectivity index (χ1n) is 12.2. The first-order valence-corrected chi connectivity index (χ1v) is 12.2. The number of aliphatic hydroxyl groups is 3. The van der Waals surface area contributed by atoms with Gasteiger partial charge in [0.1, 0.15) is 0 Å².